The Hall–Kier alpha value is -3.50. The SMILES string of the molecule is COc1cccc(-c2csc(N3CCN(CC(=O)Nc4cc([N+](=O)[O-])ccc4C)CC3)n2)c1. The molecule has 1 N–H and O–H groups in total. The summed E-state index contributed by atoms with van der Waals surface area (Å²) in [6, 6.07) is 12.3. The molecule has 1 fully saturated rings. The molecule has 0 radical (unpaired) electrons. The molecule has 4 rings (SSSR count). The highest BCUT2D eigenvalue weighted by molar-refractivity contribution is 7.14. The van der Waals surface area contributed by atoms with Crippen LogP contribution < -0.4 is 15.0 Å². The topological polar surface area (TPSA) is 101 Å². The minimum atomic E-state index is -0.466. The fraction of sp³-hybridized carbons (Fsp3) is 0.304. The third-order valence-corrected chi connectivity index (χ3v) is 6.48. The van der Waals surface area contributed by atoms with Gasteiger partial charge < -0.3 is 15.0 Å². The molecule has 2 aromatic carbocycles. The van der Waals surface area contributed by atoms with Gasteiger partial charge in [-0.3, -0.25) is 19.8 Å². The molecule has 0 spiro atoms. The highest BCUT2D eigenvalue weighted by Gasteiger charge is 2.22. The molecule has 1 saturated heterocycles. The zero-order valence-corrected chi connectivity index (χ0v) is 19.3. The number of ether oxygens (including phenoxy) is 1. The number of nitro groups is 1. The van der Waals surface area contributed by atoms with Crippen molar-refractivity contribution in [3.05, 3.63) is 63.5 Å². The zero-order chi connectivity index (χ0) is 23.4. The van der Waals surface area contributed by atoms with Crippen molar-refractivity contribution in [2.24, 2.45) is 0 Å². The number of amides is 1. The molecule has 0 bridgehead atoms. The van der Waals surface area contributed by atoms with E-state index in [4.69, 9.17) is 9.72 Å². The van der Waals surface area contributed by atoms with Crippen molar-refractivity contribution in [1.82, 2.24) is 9.88 Å². The number of methoxy groups -OCH3 is 1. The van der Waals surface area contributed by atoms with Gasteiger partial charge in [-0.25, -0.2) is 4.98 Å². The predicted molar refractivity (Wildman–Crippen MR) is 129 cm³/mol. The lowest BCUT2D eigenvalue weighted by Crippen LogP contribution is -2.48. The monoisotopic (exact) mass is 467 g/mol. The third kappa shape index (κ3) is 5.47. The van der Waals surface area contributed by atoms with Crippen LogP contribution in [0.2, 0.25) is 0 Å². The van der Waals surface area contributed by atoms with Gasteiger partial charge in [-0.2, -0.15) is 0 Å². The highest BCUT2D eigenvalue weighted by atomic mass is 32.1. The highest BCUT2D eigenvalue weighted by Crippen LogP contribution is 2.30. The number of aromatic nitrogens is 1. The second-order valence-electron chi connectivity index (χ2n) is 7.81. The molecule has 9 nitrogen and oxygen atoms in total. The van der Waals surface area contributed by atoms with E-state index in [1.165, 1.54) is 12.1 Å². The molecular weight excluding hydrogens is 442 g/mol. The van der Waals surface area contributed by atoms with Gasteiger partial charge in [0.25, 0.3) is 5.69 Å². The van der Waals surface area contributed by atoms with Gasteiger partial charge >= 0.3 is 0 Å². The number of piperazine rings is 1. The number of anilines is 2. The van der Waals surface area contributed by atoms with Crippen molar-refractivity contribution in [1.29, 1.82) is 0 Å². The smallest absolute Gasteiger partial charge is 0.271 e. The van der Waals surface area contributed by atoms with E-state index in [2.05, 4.69) is 15.1 Å². The molecule has 1 aliphatic rings. The normalized spacial score (nSPS) is 14.2. The molecule has 1 aliphatic heterocycles. The number of rotatable bonds is 7. The maximum Gasteiger partial charge on any atom is 0.271 e. The van der Waals surface area contributed by atoms with Crippen LogP contribution in [0.5, 0.6) is 5.75 Å². The first-order valence-corrected chi connectivity index (χ1v) is 11.4. The lowest BCUT2D eigenvalue weighted by molar-refractivity contribution is -0.384. The summed E-state index contributed by atoms with van der Waals surface area (Å²) in [4.78, 5) is 32.1. The predicted octanol–water partition coefficient (Wildman–Crippen LogP) is 3.80. The van der Waals surface area contributed by atoms with Crippen molar-refractivity contribution >= 4 is 33.8 Å². The Morgan fingerprint density at radius 1 is 1.21 bits per heavy atom. The van der Waals surface area contributed by atoms with E-state index in [-0.39, 0.29) is 18.1 Å². The summed E-state index contributed by atoms with van der Waals surface area (Å²) in [6.45, 7) is 5.06. The summed E-state index contributed by atoms with van der Waals surface area (Å²) in [5, 5.41) is 16.8. The first-order valence-electron chi connectivity index (χ1n) is 10.5. The fourth-order valence-electron chi connectivity index (χ4n) is 3.67. The lowest BCUT2D eigenvalue weighted by Gasteiger charge is -2.34. The summed E-state index contributed by atoms with van der Waals surface area (Å²) < 4.78 is 5.30. The van der Waals surface area contributed by atoms with Gasteiger partial charge in [0.05, 0.1) is 30.0 Å². The van der Waals surface area contributed by atoms with Crippen LogP contribution in [0.3, 0.4) is 0 Å². The molecule has 33 heavy (non-hydrogen) atoms. The van der Waals surface area contributed by atoms with Gasteiger partial charge in [-0.05, 0) is 24.6 Å². The van der Waals surface area contributed by atoms with E-state index in [0.717, 1.165) is 53.9 Å². The molecule has 0 unspecified atom stereocenters. The summed E-state index contributed by atoms with van der Waals surface area (Å²) in [6.07, 6.45) is 0. The summed E-state index contributed by atoms with van der Waals surface area (Å²) in [5.41, 5.74) is 3.16. The largest absolute Gasteiger partial charge is 0.497 e. The van der Waals surface area contributed by atoms with E-state index in [1.54, 1.807) is 24.5 Å². The standard InChI is InChI=1S/C23H25N5O4S/c1-16-6-7-18(28(30)31)13-20(16)24-22(29)14-26-8-10-27(11-9-26)23-25-21(15-33-23)17-4-3-5-19(12-17)32-2/h3-7,12-13,15H,8-11,14H2,1-2H3,(H,24,29). The van der Waals surface area contributed by atoms with Gasteiger partial charge in [-0.15, -0.1) is 11.3 Å². The van der Waals surface area contributed by atoms with Crippen LogP contribution >= 0.6 is 11.3 Å². The molecule has 0 aliphatic carbocycles. The average Bonchev–Trinajstić information content (AvgIpc) is 3.31. The Balaban J connectivity index is 1.31. The van der Waals surface area contributed by atoms with E-state index < -0.39 is 4.92 Å². The third-order valence-electron chi connectivity index (χ3n) is 5.57. The summed E-state index contributed by atoms with van der Waals surface area (Å²) in [5.74, 6) is 0.621. The average molecular weight is 468 g/mol. The van der Waals surface area contributed by atoms with Gasteiger partial charge in [0.1, 0.15) is 5.75 Å². The van der Waals surface area contributed by atoms with E-state index >= 15 is 0 Å². The zero-order valence-electron chi connectivity index (χ0n) is 18.5. The van der Waals surface area contributed by atoms with Crippen molar-refractivity contribution in [3.8, 4) is 17.0 Å². The van der Waals surface area contributed by atoms with Crippen LogP contribution in [-0.4, -0.2) is 60.5 Å². The molecule has 0 atom stereocenters. The molecule has 10 heteroatoms. The Morgan fingerprint density at radius 3 is 2.73 bits per heavy atom. The first kappa shape index (κ1) is 22.7. The van der Waals surface area contributed by atoms with Gasteiger partial charge in [0.15, 0.2) is 5.13 Å². The van der Waals surface area contributed by atoms with Crippen LogP contribution in [0.1, 0.15) is 5.56 Å². The number of nitrogens with zero attached hydrogens (tertiary/aromatic N) is 4. The molecule has 172 valence electrons. The lowest BCUT2D eigenvalue weighted by atomic mass is 10.2. The summed E-state index contributed by atoms with van der Waals surface area (Å²) in [7, 11) is 1.65. The second-order valence-corrected chi connectivity index (χ2v) is 8.65. The molecule has 3 aromatic rings. The van der Waals surface area contributed by atoms with E-state index in [1.807, 2.05) is 36.6 Å². The van der Waals surface area contributed by atoms with Crippen molar-refractivity contribution < 1.29 is 14.5 Å². The summed E-state index contributed by atoms with van der Waals surface area (Å²) >= 11 is 1.61. The molecular formula is C23H25N5O4S. The number of carbonyl (C=O) groups excluding carboxylic acids is 1. The van der Waals surface area contributed by atoms with Crippen LogP contribution in [0, 0.1) is 17.0 Å². The quantitative estimate of drug-likeness (QED) is 0.417. The minimum Gasteiger partial charge on any atom is -0.497 e. The maximum atomic E-state index is 12.5. The van der Waals surface area contributed by atoms with E-state index in [0.29, 0.717) is 5.69 Å². The second kappa shape index (κ2) is 9.97. The Morgan fingerprint density at radius 2 is 2.00 bits per heavy atom. The number of nitrogens with one attached hydrogen (secondary N) is 1. The number of hydrogen-bond acceptors (Lipinski definition) is 8. The number of benzene rings is 2. The maximum absolute atomic E-state index is 12.5. The van der Waals surface area contributed by atoms with E-state index in [9.17, 15) is 14.9 Å². The van der Waals surface area contributed by atoms with Crippen LogP contribution in [-0.2, 0) is 4.79 Å². The van der Waals surface area contributed by atoms with Gasteiger partial charge in [0.2, 0.25) is 5.91 Å². The molecule has 1 aromatic heterocycles. The Labute approximate surface area is 195 Å². The number of hydrogen-bond donors (Lipinski definition) is 1. The van der Waals surface area contributed by atoms with Crippen LogP contribution in [0.25, 0.3) is 11.3 Å². The molecule has 2 heterocycles. The Kier molecular flexibility index (Phi) is 6.85. The number of thiazole rings is 1. The van der Waals surface area contributed by atoms with Gasteiger partial charge in [0, 0.05) is 49.3 Å². The fourth-order valence-corrected chi connectivity index (χ4v) is 4.56. The first-order chi connectivity index (χ1) is 15.9. The minimum absolute atomic E-state index is 0.0405. The number of non-ortho nitro benzene ring substituents is 1. The molecule has 1 amide bonds. The van der Waals surface area contributed by atoms with Crippen LogP contribution in [0.15, 0.2) is 47.8 Å². The number of carbonyl (C=O) groups is 1. The molecule has 0 saturated carbocycles. The number of nitro benzene ring substituents is 1. The number of aryl methyl sites for hydroxylation is 1. The van der Waals surface area contributed by atoms with Crippen molar-refractivity contribution in [2.75, 3.05) is 50.1 Å². The van der Waals surface area contributed by atoms with Crippen LogP contribution in [0.4, 0.5) is 16.5 Å². The Bertz CT molecular complexity index is 1160. The van der Waals surface area contributed by atoms with Crippen molar-refractivity contribution in [2.45, 2.75) is 6.92 Å². The van der Waals surface area contributed by atoms with Crippen molar-refractivity contribution in [3.63, 3.8) is 0 Å². The van der Waals surface area contributed by atoms with Gasteiger partial charge in [-0.1, -0.05) is 18.2 Å².